The zero-order valence-corrected chi connectivity index (χ0v) is 21.1. The van der Waals surface area contributed by atoms with Crippen molar-refractivity contribution in [2.75, 3.05) is 13.2 Å². The van der Waals surface area contributed by atoms with Crippen molar-refractivity contribution in [2.24, 2.45) is 0 Å². The Balaban J connectivity index is 2.20. The summed E-state index contributed by atoms with van der Waals surface area (Å²) in [6.45, 7) is 4.01. The first-order valence-electron chi connectivity index (χ1n) is 9.82. The van der Waals surface area contributed by atoms with E-state index in [4.69, 9.17) is 39.5 Å². The zero-order chi connectivity index (χ0) is 23.0. The second kappa shape index (κ2) is 12.5. The Kier molecular flexibility index (Phi) is 10.4. The first-order valence-corrected chi connectivity index (χ1v) is 11.7. The summed E-state index contributed by atoms with van der Waals surface area (Å²) in [5.74, 6) is -0.284. The largest absolute Gasteiger partial charge is 0.482 e. The number of carbonyl (C=O) groups is 2. The second-order valence-electron chi connectivity index (χ2n) is 6.91. The molecule has 0 fully saturated rings. The van der Waals surface area contributed by atoms with Crippen LogP contribution in [-0.4, -0.2) is 35.9 Å². The lowest BCUT2D eigenvalue weighted by atomic mass is 10.1. The van der Waals surface area contributed by atoms with Gasteiger partial charge in [0.15, 0.2) is 6.61 Å². The van der Waals surface area contributed by atoms with Gasteiger partial charge < -0.3 is 15.0 Å². The number of nitrogens with zero attached hydrogens (tertiary/aromatic N) is 1. The number of unbranched alkanes of at least 4 members (excludes halogenated alkanes) is 1. The van der Waals surface area contributed by atoms with E-state index in [1.54, 1.807) is 43.3 Å². The van der Waals surface area contributed by atoms with Crippen LogP contribution in [0.15, 0.2) is 40.9 Å². The number of amides is 2. The van der Waals surface area contributed by atoms with Crippen LogP contribution in [0.5, 0.6) is 5.75 Å². The molecule has 0 unspecified atom stereocenters. The summed E-state index contributed by atoms with van der Waals surface area (Å²) < 4.78 is 6.41. The summed E-state index contributed by atoms with van der Waals surface area (Å²) in [7, 11) is 0. The van der Waals surface area contributed by atoms with Crippen molar-refractivity contribution in [3.05, 3.63) is 61.5 Å². The van der Waals surface area contributed by atoms with Crippen molar-refractivity contribution >= 4 is 62.5 Å². The molecule has 0 aliphatic carbocycles. The number of nitrogens with one attached hydrogen (secondary N) is 1. The normalized spacial score (nSPS) is 11.7. The lowest BCUT2D eigenvalue weighted by molar-refractivity contribution is -0.142. The molecule has 168 valence electrons. The van der Waals surface area contributed by atoms with Crippen LogP contribution >= 0.6 is 50.7 Å². The van der Waals surface area contributed by atoms with E-state index in [1.165, 1.54) is 4.90 Å². The number of halogens is 4. The lowest BCUT2D eigenvalue weighted by Gasteiger charge is -2.29. The predicted molar refractivity (Wildman–Crippen MR) is 129 cm³/mol. The quantitative estimate of drug-likeness (QED) is 0.363. The number of carbonyl (C=O) groups excluding carboxylic acids is 2. The van der Waals surface area contributed by atoms with Gasteiger partial charge in [-0.25, -0.2) is 0 Å². The molecule has 0 saturated carbocycles. The van der Waals surface area contributed by atoms with Crippen LogP contribution in [0.3, 0.4) is 0 Å². The maximum atomic E-state index is 13.1. The van der Waals surface area contributed by atoms with E-state index in [9.17, 15) is 9.59 Å². The monoisotopic (exact) mass is 548 g/mol. The molecule has 0 heterocycles. The topological polar surface area (TPSA) is 58.6 Å². The van der Waals surface area contributed by atoms with Gasteiger partial charge in [0, 0.05) is 33.2 Å². The molecule has 9 heteroatoms. The second-order valence-corrected chi connectivity index (χ2v) is 9.04. The minimum Gasteiger partial charge on any atom is -0.482 e. The first kappa shape index (κ1) is 25.8. The van der Waals surface area contributed by atoms with Crippen LogP contribution in [0.4, 0.5) is 0 Å². The van der Waals surface area contributed by atoms with Gasteiger partial charge in [-0.2, -0.15) is 0 Å². The molecule has 2 aromatic rings. The maximum Gasteiger partial charge on any atom is 0.261 e. The third-order valence-corrected chi connectivity index (χ3v) is 6.13. The predicted octanol–water partition coefficient (Wildman–Crippen LogP) is 6.12. The summed E-state index contributed by atoms with van der Waals surface area (Å²) in [5, 5.41) is 4.06. The lowest BCUT2D eigenvalue weighted by Crippen LogP contribution is -2.49. The molecule has 0 spiro atoms. The minimum atomic E-state index is -0.749. The SMILES string of the molecule is CCCCNC(=O)[C@@H](C)N(Cc1c(Cl)cccc1Cl)C(=O)COc1ccc(Br)cc1Cl. The van der Waals surface area contributed by atoms with Gasteiger partial charge in [0.05, 0.1) is 5.02 Å². The van der Waals surface area contributed by atoms with Crippen LogP contribution in [0.1, 0.15) is 32.3 Å². The van der Waals surface area contributed by atoms with Crippen molar-refractivity contribution in [1.29, 1.82) is 0 Å². The molecular weight excluding hydrogens is 527 g/mol. The van der Waals surface area contributed by atoms with E-state index in [1.807, 2.05) is 6.92 Å². The van der Waals surface area contributed by atoms with Crippen molar-refractivity contribution in [3.8, 4) is 5.75 Å². The van der Waals surface area contributed by atoms with Gasteiger partial charge >= 0.3 is 0 Å². The standard InChI is InChI=1S/C22H24BrCl3N2O3/c1-3-4-10-27-22(30)14(2)28(12-16-17(24)6-5-7-18(16)25)21(29)13-31-20-9-8-15(23)11-19(20)26/h5-9,11,14H,3-4,10,12-13H2,1-2H3,(H,27,30)/t14-/m1/s1. The zero-order valence-electron chi connectivity index (χ0n) is 17.3. The fourth-order valence-electron chi connectivity index (χ4n) is 2.79. The average molecular weight is 551 g/mol. The van der Waals surface area contributed by atoms with E-state index < -0.39 is 11.9 Å². The molecule has 0 aliphatic rings. The van der Waals surface area contributed by atoms with Gasteiger partial charge in [-0.05, 0) is 43.7 Å². The van der Waals surface area contributed by atoms with E-state index in [0.29, 0.717) is 32.9 Å². The smallest absolute Gasteiger partial charge is 0.261 e. The minimum absolute atomic E-state index is 0.0666. The van der Waals surface area contributed by atoms with Crippen molar-refractivity contribution in [3.63, 3.8) is 0 Å². The molecule has 0 aromatic heterocycles. The summed E-state index contributed by atoms with van der Waals surface area (Å²) in [5.41, 5.74) is 0.564. The van der Waals surface area contributed by atoms with Gasteiger partial charge in [-0.1, -0.05) is 70.1 Å². The molecule has 2 aromatic carbocycles. The molecule has 0 aliphatic heterocycles. The summed E-state index contributed by atoms with van der Waals surface area (Å²) in [6.07, 6.45) is 1.81. The number of benzene rings is 2. The van der Waals surface area contributed by atoms with Crippen molar-refractivity contribution in [2.45, 2.75) is 39.3 Å². The highest BCUT2D eigenvalue weighted by atomic mass is 79.9. The molecule has 31 heavy (non-hydrogen) atoms. The molecule has 2 amide bonds. The number of hydrogen-bond acceptors (Lipinski definition) is 3. The Labute approximate surface area is 206 Å². The Bertz CT molecular complexity index is 907. The molecular formula is C22H24BrCl3N2O3. The Morgan fingerprint density at radius 3 is 2.42 bits per heavy atom. The van der Waals surface area contributed by atoms with E-state index in [2.05, 4.69) is 21.2 Å². The Hall–Kier alpha value is -1.47. The fraction of sp³-hybridized carbons (Fsp3) is 0.364. The van der Waals surface area contributed by atoms with Crippen LogP contribution in [0.2, 0.25) is 15.1 Å². The first-order chi connectivity index (χ1) is 14.7. The number of hydrogen-bond donors (Lipinski definition) is 1. The van der Waals surface area contributed by atoms with Crippen molar-refractivity contribution in [1.82, 2.24) is 10.2 Å². The van der Waals surface area contributed by atoms with E-state index >= 15 is 0 Å². The van der Waals surface area contributed by atoms with Crippen LogP contribution in [0, 0.1) is 0 Å². The molecule has 5 nitrogen and oxygen atoms in total. The number of rotatable bonds is 10. The highest BCUT2D eigenvalue weighted by molar-refractivity contribution is 9.10. The summed E-state index contributed by atoms with van der Waals surface area (Å²) >= 11 is 22.1. The summed E-state index contributed by atoms with van der Waals surface area (Å²) in [6, 6.07) is 9.45. The molecule has 0 saturated heterocycles. The molecule has 0 radical (unpaired) electrons. The van der Waals surface area contributed by atoms with Crippen LogP contribution < -0.4 is 10.1 Å². The van der Waals surface area contributed by atoms with Crippen LogP contribution in [0.25, 0.3) is 0 Å². The van der Waals surface area contributed by atoms with Gasteiger partial charge in [0.2, 0.25) is 5.91 Å². The maximum absolute atomic E-state index is 13.1. The third kappa shape index (κ3) is 7.56. The van der Waals surface area contributed by atoms with Crippen molar-refractivity contribution < 1.29 is 14.3 Å². The fourth-order valence-corrected chi connectivity index (χ4v) is 4.03. The van der Waals surface area contributed by atoms with Gasteiger partial charge in [0.1, 0.15) is 11.8 Å². The molecule has 0 bridgehead atoms. The van der Waals surface area contributed by atoms with E-state index in [0.717, 1.165) is 17.3 Å². The molecule has 2 rings (SSSR count). The number of ether oxygens (including phenoxy) is 1. The van der Waals surface area contributed by atoms with Crippen LogP contribution in [-0.2, 0) is 16.1 Å². The van der Waals surface area contributed by atoms with Gasteiger partial charge in [0.25, 0.3) is 5.91 Å². The Morgan fingerprint density at radius 1 is 1.13 bits per heavy atom. The summed E-state index contributed by atoms with van der Waals surface area (Å²) in [4.78, 5) is 27.1. The average Bonchev–Trinajstić information content (AvgIpc) is 2.72. The highest BCUT2D eigenvalue weighted by Crippen LogP contribution is 2.29. The molecule has 1 atom stereocenters. The van der Waals surface area contributed by atoms with Gasteiger partial charge in [-0.15, -0.1) is 0 Å². The van der Waals surface area contributed by atoms with Gasteiger partial charge in [-0.3, -0.25) is 9.59 Å². The highest BCUT2D eigenvalue weighted by Gasteiger charge is 2.27. The Morgan fingerprint density at radius 2 is 1.81 bits per heavy atom. The molecule has 1 N–H and O–H groups in total. The van der Waals surface area contributed by atoms with E-state index in [-0.39, 0.29) is 19.1 Å². The third-order valence-electron chi connectivity index (χ3n) is 4.63.